The summed E-state index contributed by atoms with van der Waals surface area (Å²) in [7, 11) is 0. The van der Waals surface area contributed by atoms with Crippen LogP contribution in [0.4, 0.5) is 0 Å². The lowest BCUT2D eigenvalue weighted by molar-refractivity contribution is -0.0368. The van der Waals surface area contributed by atoms with Gasteiger partial charge in [-0.25, -0.2) is 4.68 Å². The molecule has 1 saturated heterocycles. The van der Waals surface area contributed by atoms with E-state index in [4.69, 9.17) is 36.8 Å². The van der Waals surface area contributed by atoms with Gasteiger partial charge >= 0.3 is 0 Å². The molecule has 2 atom stereocenters. The van der Waals surface area contributed by atoms with Crippen LogP contribution in [-0.4, -0.2) is 21.4 Å². The number of hydrogen-bond donors (Lipinski definition) is 0. The van der Waals surface area contributed by atoms with Crippen LogP contribution in [-0.2, 0) is 4.74 Å². The van der Waals surface area contributed by atoms with E-state index >= 15 is 0 Å². The van der Waals surface area contributed by atoms with E-state index in [1.165, 1.54) is 12.4 Å². The van der Waals surface area contributed by atoms with Crippen molar-refractivity contribution >= 4 is 56.7 Å². The van der Waals surface area contributed by atoms with Crippen molar-refractivity contribution < 1.29 is 13.6 Å². The van der Waals surface area contributed by atoms with Crippen LogP contribution in [0.25, 0.3) is 10.9 Å². The molecule has 1 aliphatic rings. The van der Waals surface area contributed by atoms with Crippen molar-refractivity contribution in [3.63, 3.8) is 0 Å². The second-order valence-corrected chi connectivity index (χ2v) is 8.09. The average Bonchev–Trinajstić information content (AvgIpc) is 3.03. The summed E-state index contributed by atoms with van der Waals surface area (Å²) < 4.78 is 38.3. The van der Waals surface area contributed by atoms with Gasteiger partial charge in [0.15, 0.2) is 6.23 Å². The first kappa shape index (κ1) is 15.8. The van der Waals surface area contributed by atoms with Gasteiger partial charge in [0.2, 0.25) is 0 Å². The summed E-state index contributed by atoms with van der Waals surface area (Å²) in [6.07, 6.45) is 4.33. The van der Waals surface area contributed by atoms with Gasteiger partial charge in [-0.1, -0.05) is 23.2 Å². The number of ether oxygens (including phenoxy) is 2. The SMILES string of the molecule is [2H]C([2H])([2H])C(Oc1ccc2c(c1)c(I)nn2C1CCCCO1)c1c(Cl)cncc1Cl. The summed E-state index contributed by atoms with van der Waals surface area (Å²) in [5, 5.41) is 5.77. The van der Waals surface area contributed by atoms with Crippen LogP contribution in [0.5, 0.6) is 5.75 Å². The summed E-state index contributed by atoms with van der Waals surface area (Å²) in [4.78, 5) is 3.89. The Hall–Kier alpha value is -1.09. The van der Waals surface area contributed by atoms with Gasteiger partial charge in [-0.3, -0.25) is 4.98 Å². The molecule has 3 heterocycles. The number of nitrogens with zero attached hydrogens (tertiary/aromatic N) is 3. The second kappa shape index (κ2) is 8.11. The van der Waals surface area contributed by atoms with Crippen molar-refractivity contribution in [2.75, 3.05) is 6.61 Å². The molecule has 0 saturated carbocycles. The first-order valence-corrected chi connectivity index (χ1v) is 10.3. The van der Waals surface area contributed by atoms with Crippen LogP contribution in [0.1, 0.15) is 48.1 Å². The molecule has 0 aliphatic carbocycles. The van der Waals surface area contributed by atoms with Crippen molar-refractivity contribution in [3.05, 3.63) is 49.9 Å². The fraction of sp³-hybridized carbons (Fsp3) is 0.368. The number of benzene rings is 1. The molecule has 0 bridgehead atoms. The molecule has 142 valence electrons. The lowest BCUT2D eigenvalue weighted by Gasteiger charge is -2.23. The number of fused-ring (bicyclic) bond motifs is 1. The molecule has 0 amide bonds. The van der Waals surface area contributed by atoms with Crippen molar-refractivity contribution in [1.29, 1.82) is 0 Å². The highest BCUT2D eigenvalue weighted by Crippen LogP contribution is 2.35. The number of aromatic nitrogens is 3. The van der Waals surface area contributed by atoms with Gasteiger partial charge in [0, 0.05) is 34.1 Å². The summed E-state index contributed by atoms with van der Waals surface area (Å²) in [5.41, 5.74) is 1.10. The predicted molar refractivity (Wildman–Crippen MR) is 115 cm³/mol. The zero-order chi connectivity index (χ0) is 21.5. The summed E-state index contributed by atoms with van der Waals surface area (Å²) in [6.45, 7) is -1.77. The Morgan fingerprint density at radius 1 is 1.33 bits per heavy atom. The average molecular weight is 521 g/mol. The molecule has 0 radical (unpaired) electrons. The Balaban J connectivity index is 1.71. The third-order valence-corrected chi connectivity index (χ3v) is 5.87. The first-order chi connectivity index (χ1) is 14.3. The van der Waals surface area contributed by atoms with Gasteiger partial charge in [-0.2, -0.15) is 5.10 Å². The smallest absolute Gasteiger partial charge is 0.150 e. The van der Waals surface area contributed by atoms with Gasteiger partial charge in [-0.15, -0.1) is 0 Å². The molecule has 1 aliphatic heterocycles. The number of rotatable bonds is 4. The van der Waals surface area contributed by atoms with E-state index in [0.29, 0.717) is 5.75 Å². The predicted octanol–water partition coefficient (Wildman–Crippen LogP) is 6.18. The van der Waals surface area contributed by atoms with Gasteiger partial charge in [0.05, 0.1) is 15.6 Å². The highest BCUT2D eigenvalue weighted by molar-refractivity contribution is 14.1. The van der Waals surface area contributed by atoms with Gasteiger partial charge in [0.25, 0.3) is 0 Å². The number of halogens is 3. The molecular formula is C19H18Cl2IN3O2. The van der Waals surface area contributed by atoms with E-state index in [0.717, 1.165) is 40.5 Å². The fourth-order valence-electron chi connectivity index (χ4n) is 3.16. The van der Waals surface area contributed by atoms with Crippen LogP contribution >= 0.6 is 45.8 Å². The maximum absolute atomic E-state index is 7.95. The Morgan fingerprint density at radius 2 is 2.15 bits per heavy atom. The quantitative estimate of drug-likeness (QED) is 0.385. The van der Waals surface area contributed by atoms with E-state index in [-0.39, 0.29) is 21.8 Å². The van der Waals surface area contributed by atoms with Gasteiger partial charge in [0.1, 0.15) is 15.6 Å². The van der Waals surface area contributed by atoms with Gasteiger partial charge < -0.3 is 9.47 Å². The summed E-state index contributed by atoms with van der Waals surface area (Å²) in [5.74, 6) is 0.384. The number of pyridine rings is 1. The summed E-state index contributed by atoms with van der Waals surface area (Å²) >= 11 is 14.6. The van der Waals surface area contributed by atoms with Crippen LogP contribution in [0, 0.1) is 3.70 Å². The minimum Gasteiger partial charge on any atom is -0.486 e. The minimum absolute atomic E-state index is 0.0962. The molecule has 1 aromatic carbocycles. The molecule has 1 fully saturated rings. The third-order valence-electron chi connectivity index (χ3n) is 4.47. The molecular weight excluding hydrogens is 500 g/mol. The molecule has 2 aromatic heterocycles. The zero-order valence-electron chi connectivity index (χ0n) is 17.2. The Morgan fingerprint density at radius 3 is 2.85 bits per heavy atom. The van der Waals surface area contributed by atoms with Crippen LogP contribution in [0.3, 0.4) is 0 Å². The fourth-order valence-corrected chi connectivity index (χ4v) is 4.39. The molecule has 4 rings (SSSR count). The standard InChI is InChI=1S/C19H18Cl2IN3O2/c1-11(18-14(20)9-23-10-15(18)21)27-12-5-6-16-13(8-12)19(22)24-25(16)17-4-2-3-7-26-17/h5-6,8-11,17H,2-4,7H2,1H3/i1D3. The van der Waals surface area contributed by atoms with Crippen molar-refractivity contribution in [1.82, 2.24) is 14.8 Å². The maximum Gasteiger partial charge on any atom is 0.150 e. The van der Waals surface area contributed by atoms with E-state index < -0.39 is 13.0 Å². The Bertz CT molecular complexity index is 1050. The molecule has 27 heavy (non-hydrogen) atoms. The molecule has 5 nitrogen and oxygen atoms in total. The molecule has 0 N–H and O–H groups in total. The van der Waals surface area contributed by atoms with E-state index in [9.17, 15) is 0 Å². The van der Waals surface area contributed by atoms with Crippen LogP contribution < -0.4 is 4.74 Å². The Kier molecular flexibility index (Phi) is 4.74. The molecule has 0 spiro atoms. The lowest BCUT2D eigenvalue weighted by atomic mass is 10.1. The van der Waals surface area contributed by atoms with E-state index in [2.05, 4.69) is 32.7 Å². The molecule has 8 heteroatoms. The van der Waals surface area contributed by atoms with E-state index in [1.807, 2.05) is 10.7 Å². The van der Waals surface area contributed by atoms with Crippen LogP contribution in [0.2, 0.25) is 10.0 Å². The molecule has 3 aromatic rings. The number of hydrogen-bond acceptors (Lipinski definition) is 4. The first-order valence-electron chi connectivity index (χ1n) is 10.0. The zero-order valence-corrected chi connectivity index (χ0v) is 17.8. The van der Waals surface area contributed by atoms with Crippen molar-refractivity contribution in [2.45, 2.75) is 38.4 Å². The van der Waals surface area contributed by atoms with Crippen LogP contribution in [0.15, 0.2) is 30.6 Å². The highest BCUT2D eigenvalue weighted by Gasteiger charge is 2.21. The largest absolute Gasteiger partial charge is 0.486 e. The topological polar surface area (TPSA) is 49.2 Å². The third kappa shape index (κ3) is 3.90. The normalized spacial score (nSPS) is 20.7. The Labute approximate surface area is 185 Å². The summed E-state index contributed by atoms with van der Waals surface area (Å²) in [6, 6.07) is 5.37. The van der Waals surface area contributed by atoms with Crippen molar-refractivity contribution in [3.8, 4) is 5.75 Å². The monoisotopic (exact) mass is 520 g/mol. The minimum atomic E-state index is -2.49. The molecule has 2 unspecified atom stereocenters. The highest BCUT2D eigenvalue weighted by atomic mass is 127. The maximum atomic E-state index is 7.95. The van der Waals surface area contributed by atoms with Gasteiger partial charge in [-0.05, 0) is 66.9 Å². The van der Waals surface area contributed by atoms with Crippen molar-refractivity contribution in [2.24, 2.45) is 0 Å². The van der Waals surface area contributed by atoms with E-state index in [1.54, 1.807) is 12.1 Å². The lowest BCUT2D eigenvalue weighted by Crippen LogP contribution is -2.19. The second-order valence-electron chi connectivity index (χ2n) is 6.25.